The van der Waals surface area contributed by atoms with Gasteiger partial charge in [-0.3, -0.25) is 0 Å². The molecule has 0 bridgehead atoms. The van der Waals surface area contributed by atoms with Crippen LogP contribution in [0.5, 0.6) is 11.5 Å². The molecule has 6 heteroatoms. The molecule has 0 unspecified atom stereocenters. The van der Waals surface area contributed by atoms with Gasteiger partial charge in [0, 0.05) is 13.1 Å². The van der Waals surface area contributed by atoms with E-state index in [4.69, 9.17) is 20.9 Å². The summed E-state index contributed by atoms with van der Waals surface area (Å²) in [7, 11) is 0. The summed E-state index contributed by atoms with van der Waals surface area (Å²) in [5.41, 5.74) is 12.3. The number of hydrogen-bond acceptors (Lipinski definition) is 6. The van der Waals surface area contributed by atoms with Crippen LogP contribution in [0.15, 0.2) is 58.8 Å². The zero-order chi connectivity index (χ0) is 15.6. The second-order valence-electron chi connectivity index (χ2n) is 4.46. The summed E-state index contributed by atoms with van der Waals surface area (Å²) < 4.78 is 10.8. The summed E-state index contributed by atoms with van der Waals surface area (Å²) >= 11 is 0. The van der Waals surface area contributed by atoms with Gasteiger partial charge in [0.1, 0.15) is 24.7 Å². The van der Waals surface area contributed by atoms with Gasteiger partial charge in [-0.2, -0.15) is 10.2 Å². The smallest absolute Gasteiger partial charge is 0.119 e. The highest BCUT2D eigenvalue weighted by molar-refractivity contribution is 5.44. The lowest BCUT2D eigenvalue weighted by atomic mass is 10.3. The molecule has 2 aromatic rings. The summed E-state index contributed by atoms with van der Waals surface area (Å²) in [4.78, 5) is 0. The maximum atomic E-state index is 5.40. The van der Waals surface area contributed by atoms with Gasteiger partial charge in [-0.15, -0.1) is 0 Å². The largest absolute Gasteiger partial charge is 0.492 e. The Morgan fingerprint density at radius 2 is 1.00 bits per heavy atom. The fraction of sp³-hybridized carbons (Fsp3) is 0.250. The predicted octanol–water partition coefficient (Wildman–Crippen LogP) is 2.78. The first kappa shape index (κ1) is 15.9. The number of rotatable bonds is 8. The number of benzene rings is 2. The second-order valence-corrected chi connectivity index (χ2v) is 4.46. The van der Waals surface area contributed by atoms with Crippen molar-refractivity contribution in [2.45, 2.75) is 0 Å². The van der Waals surface area contributed by atoms with Crippen molar-refractivity contribution in [2.75, 3.05) is 26.3 Å². The molecule has 2 aromatic carbocycles. The van der Waals surface area contributed by atoms with Gasteiger partial charge in [0.05, 0.1) is 11.4 Å². The minimum Gasteiger partial charge on any atom is -0.492 e. The third-order valence-corrected chi connectivity index (χ3v) is 2.73. The fourth-order valence-corrected chi connectivity index (χ4v) is 1.69. The lowest BCUT2D eigenvalue weighted by Gasteiger charge is -2.04. The number of nitrogens with two attached hydrogens (primary N) is 2. The molecule has 0 radical (unpaired) electrons. The van der Waals surface area contributed by atoms with E-state index in [1.54, 1.807) is 0 Å². The van der Waals surface area contributed by atoms with Crippen molar-refractivity contribution in [1.29, 1.82) is 0 Å². The van der Waals surface area contributed by atoms with Crippen molar-refractivity contribution in [3.8, 4) is 11.5 Å². The van der Waals surface area contributed by atoms with Crippen LogP contribution in [0.1, 0.15) is 0 Å². The van der Waals surface area contributed by atoms with E-state index >= 15 is 0 Å². The van der Waals surface area contributed by atoms with Crippen molar-refractivity contribution < 1.29 is 9.47 Å². The summed E-state index contributed by atoms with van der Waals surface area (Å²) in [6.07, 6.45) is 0. The molecule has 0 aliphatic heterocycles. The number of hydrogen-bond donors (Lipinski definition) is 2. The van der Waals surface area contributed by atoms with Crippen LogP contribution >= 0.6 is 0 Å². The van der Waals surface area contributed by atoms with Gasteiger partial charge in [0.2, 0.25) is 0 Å². The van der Waals surface area contributed by atoms with Gasteiger partial charge in [0.25, 0.3) is 0 Å². The van der Waals surface area contributed by atoms with Gasteiger partial charge < -0.3 is 20.9 Å². The molecule has 0 saturated carbocycles. The van der Waals surface area contributed by atoms with E-state index < -0.39 is 0 Å². The lowest BCUT2D eigenvalue weighted by Crippen LogP contribution is -2.10. The van der Waals surface area contributed by atoms with Crippen LogP contribution in [0.2, 0.25) is 0 Å². The SMILES string of the molecule is NCCOc1ccc(N=Nc2ccc(OCCN)cc2)cc1. The van der Waals surface area contributed by atoms with Crippen molar-refractivity contribution in [3.05, 3.63) is 48.5 Å². The monoisotopic (exact) mass is 300 g/mol. The van der Waals surface area contributed by atoms with E-state index in [9.17, 15) is 0 Å². The summed E-state index contributed by atoms with van der Waals surface area (Å²) in [6, 6.07) is 14.7. The Morgan fingerprint density at radius 1 is 0.636 bits per heavy atom. The molecule has 22 heavy (non-hydrogen) atoms. The van der Waals surface area contributed by atoms with Crippen LogP contribution in [0.25, 0.3) is 0 Å². The molecular formula is C16H20N4O2. The molecule has 0 aliphatic carbocycles. The highest BCUT2D eigenvalue weighted by Gasteiger charge is 1.96. The normalized spacial score (nSPS) is 10.8. The highest BCUT2D eigenvalue weighted by Crippen LogP contribution is 2.22. The quantitative estimate of drug-likeness (QED) is 0.733. The number of ether oxygens (including phenoxy) is 2. The first-order valence-corrected chi connectivity index (χ1v) is 7.09. The van der Waals surface area contributed by atoms with Crippen LogP contribution in [0, 0.1) is 0 Å². The lowest BCUT2D eigenvalue weighted by molar-refractivity contribution is 0.328. The molecule has 2 rings (SSSR count). The van der Waals surface area contributed by atoms with Gasteiger partial charge >= 0.3 is 0 Å². The van der Waals surface area contributed by atoms with Crippen molar-refractivity contribution in [1.82, 2.24) is 0 Å². The number of azo groups is 1. The highest BCUT2D eigenvalue weighted by atomic mass is 16.5. The Bertz CT molecular complexity index is 529. The van der Waals surface area contributed by atoms with Gasteiger partial charge in [-0.1, -0.05) is 0 Å². The third-order valence-electron chi connectivity index (χ3n) is 2.73. The molecule has 0 fully saturated rings. The van der Waals surface area contributed by atoms with E-state index in [2.05, 4.69) is 10.2 Å². The van der Waals surface area contributed by atoms with E-state index in [0.717, 1.165) is 22.9 Å². The van der Waals surface area contributed by atoms with Gasteiger partial charge in [0.15, 0.2) is 0 Å². The molecule has 0 amide bonds. The predicted molar refractivity (Wildman–Crippen MR) is 86.2 cm³/mol. The molecule has 0 saturated heterocycles. The fourth-order valence-electron chi connectivity index (χ4n) is 1.69. The Balaban J connectivity index is 1.93. The topological polar surface area (TPSA) is 95.2 Å². The zero-order valence-corrected chi connectivity index (χ0v) is 12.3. The van der Waals surface area contributed by atoms with Crippen molar-refractivity contribution >= 4 is 11.4 Å². The van der Waals surface area contributed by atoms with Crippen LogP contribution in [-0.2, 0) is 0 Å². The molecule has 0 heterocycles. The molecule has 6 nitrogen and oxygen atoms in total. The van der Waals surface area contributed by atoms with Crippen molar-refractivity contribution in [3.63, 3.8) is 0 Å². The summed E-state index contributed by atoms with van der Waals surface area (Å²) in [5.74, 6) is 1.54. The summed E-state index contributed by atoms with van der Waals surface area (Å²) in [6.45, 7) is 1.98. The Morgan fingerprint density at radius 3 is 1.32 bits per heavy atom. The minimum absolute atomic E-state index is 0.493. The Labute approximate surface area is 129 Å². The third kappa shape index (κ3) is 5.16. The standard InChI is InChI=1S/C16H20N4O2/c17-9-11-21-15-5-1-13(2-6-15)19-20-14-3-7-16(8-4-14)22-12-10-18/h1-8H,9-12,17-18H2. The molecule has 116 valence electrons. The average Bonchev–Trinajstić information content (AvgIpc) is 2.58. The van der Waals surface area contributed by atoms with Gasteiger partial charge in [-0.25, -0.2) is 0 Å². The van der Waals surface area contributed by atoms with Crippen molar-refractivity contribution in [2.24, 2.45) is 21.7 Å². The molecular weight excluding hydrogens is 280 g/mol. The van der Waals surface area contributed by atoms with Crippen LogP contribution in [0.4, 0.5) is 11.4 Å². The zero-order valence-electron chi connectivity index (χ0n) is 12.3. The molecule has 0 aromatic heterocycles. The molecule has 0 atom stereocenters. The van der Waals surface area contributed by atoms with E-state index in [-0.39, 0.29) is 0 Å². The minimum atomic E-state index is 0.493. The van der Waals surface area contributed by atoms with E-state index in [1.165, 1.54) is 0 Å². The Hall–Kier alpha value is -2.44. The van der Waals surface area contributed by atoms with Crippen LogP contribution in [0.3, 0.4) is 0 Å². The average molecular weight is 300 g/mol. The number of nitrogens with zero attached hydrogens (tertiary/aromatic N) is 2. The molecule has 0 aliphatic rings. The van der Waals surface area contributed by atoms with E-state index in [1.807, 2.05) is 48.5 Å². The maximum absolute atomic E-state index is 5.40. The first-order chi connectivity index (χ1) is 10.8. The van der Waals surface area contributed by atoms with Gasteiger partial charge in [-0.05, 0) is 48.5 Å². The summed E-state index contributed by atoms with van der Waals surface area (Å²) in [5, 5.41) is 8.35. The Kier molecular flexibility index (Phi) is 6.35. The van der Waals surface area contributed by atoms with Crippen LogP contribution < -0.4 is 20.9 Å². The first-order valence-electron chi connectivity index (χ1n) is 7.09. The molecule has 4 N–H and O–H groups in total. The van der Waals surface area contributed by atoms with E-state index in [0.29, 0.717) is 26.3 Å². The molecule has 0 spiro atoms. The maximum Gasteiger partial charge on any atom is 0.119 e. The second kappa shape index (κ2) is 8.76. The van der Waals surface area contributed by atoms with Crippen LogP contribution in [-0.4, -0.2) is 26.3 Å².